The molecule has 76 valence electrons. The number of thioether (sulfide) groups is 1. The molecule has 0 aliphatic carbocycles. The monoisotopic (exact) mass is 227 g/mol. The molecular weight excluding hydrogens is 214 g/mol. The van der Waals surface area contributed by atoms with Crippen LogP contribution in [0, 0.1) is 0 Å². The Hall–Kier alpha value is -0.320. The third-order valence-corrected chi connectivity index (χ3v) is 4.84. The van der Waals surface area contributed by atoms with Gasteiger partial charge >= 0.3 is 0 Å². The van der Waals surface area contributed by atoms with Gasteiger partial charge in [0.05, 0.1) is 11.3 Å². The van der Waals surface area contributed by atoms with Crippen molar-refractivity contribution in [3.8, 4) is 0 Å². The van der Waals surface area contributed by atoms with E-state index in [4.69, 9.17) is 5.73 Å². The number of carbonyl (C=O) groups excluding carboxylic acids is 1. The van der Waals surface area contributed by atoms with E-state index in [-0.39, 0.29) is 22.3 Å². The maximum atomic E-state index is 11.5. The van der Waals surface area contributed by atoms with E-state index < -0.39 is 0 Å². The summed E-state index contributed by atoms with van der Waals surface area (Å²) in [4.78, 5) is 12.8. The molecule has 3 unspecified atom stereocenters. The molecule has 0 aromatic carbocycles. The molecule has 14 heavy (non-hydrogen) atoms. The molecule has 1 aromatic heterocycles. The van der Waals surface area contributed by atoms with E-state index in [1.807, 2.05) is 13.0 Å². The summed E-state index contributed by atoms with van der Waals surface area (Å²) >= 11 is 3.45. The van der Waals surface area contributed by atoms with Crippen LogP contribution >= 0.6 is 23.1 Å². The lowest BCUT2D eigenvalue weighted by Crippen LogP contribution is -2.36. The van der Waals surface area contributed by atoms with E-state index in [1.165, 1.54) is 4.88 Å². The first-order chi connectivity index (χ1) is 6.68. The van der Waals surface area contributed by atoms with Crippen molar-refractivity contribution >= 4 is 28.9 Å². The number of nitrogens with two attached hydrogens (primary N) is 1. The van der Waals surface area contributed by atoms with Crippen molar-refractivity contribution in [2.75, 3.05) is 0 Å². The smallest absolute Gasteiger partial charge is 0.163 e. The second-order valence-electron chi connectivity index (χ2n) is 3.53. The van der Waals surface area contributed by atoms with Crippen molar-refractivity contribution < 1.29 is 4.79 Å². The van der Waals surface area contributed by atoms with Gasteiger partial charge in [0.2, 0.25) is 0 Å². The van der Waals surface area contributed by atoms with E-state index in [2.05, 4.69) is 11.4 Å². The van der Waals surface area contributed by atoms with Crippen LogP contribution in [0.3, 0.4) is 0 Å². The van der Waals surface area contributed by atoms with Gasteiger partial charge in [-0.2, -0.15) is 0 Å². The van der Waals surface area contributed by atoms with Crippen LogP contribution in [-0.2, 0) is 11.2 Å². The fourth-order valence-electron chi connectivity index (χ4n) is 1.67. The Morgan fingerprint density at radius 1 is 1.57 bits per heavy atom. The van der Waals surface area contributed by atoms with Crippen LogP contribution in [0.5, 0.6) is 0 Å². The molecule has 0 saturated carbocycles. The van der Waals surface area contributed by atoms with Gasteiger partial charge in [0.15, 0.2) is 5.78 Å². The first-order valence-corrected chi connectivity index (χ1v) is 6.48. The number of Topliss-reactive ketones (excluding diaryl/α,β-unsaturated/α-hetero) is 1. The van der Waals surface area contributed by atoms with Gasteiger partial charge in [-0.05, 0) is 24.8 Å². The summed E-state index contributed by atoms with van der Waals surface area (Å²) in [6, 6.07) is 3.87. The molecule has 1 fully saturated rings. The Balaban J connectivity index is 2.03. The largest absolute Gasteiger partial charge is 0.321 e. The molecule has 0 radical (unpaired) electrons. The highest BCUT2D eigenvalue weighted by molar-refractivity contribution is 8.01. The number of rotatable bonds is 2. The minimum absolute atomic E-state index is 0.0787. The molecule has 2 nitrogen and oxygen atoms in total. The molecule has 0 amide bonds. The standard InChI is InChI=1S/C10H13NOS2/c1-6-10(12)9(11)8(14-6)5-7-3-2-4-13-7/h2-4,6,8-9H,5,11H2,1H3. The van der Waals surface area contributed by atoms with Gasteiger partial charge in [-0.15, -0.1) is 23.1 Å². The fourth-order valence-corrected chi connectivity index (χ4v) is 3.94. The number of ketones is 1. The van der Waals surface area contributed by atoms with Crippen LogP contribution in [0.25, 0.3) is 0 Å². The molecule has 2 N–H and O–H groups in total. The average molecular weight is 227 g/mol. The van der Waals surface area contributed by atoms with Gasteiger partial charge in [-0.1, -0.05) is 6.07 Å². The van der Waals surface area contributed by atoms with E-state index in [1.54, 1.807) is 23.1 Å². The Morgan fingerprint density at radius 2 is 2.36 bits per heavy atom. The average Bonchev–Trinajstić information content (AvgIpc) is 2.73. The van der Waals surface area contributed by atoms with Crippen LogP contribution < -0.4 is 5.73 Å². The SMILES string of the molecule is CC1SC(Cc2cccs2)C(N)C1=O. The highest BCUT2D eigenvalue weighted by Crippen LogP contribution is 2.32. The number of hydrogen-bond acceptors (Lipinski definition) is 4. The molecule has 3 atom stereocenters. The molecule has 1 aromatic rings. The molecule has 2 heterocycles. The molecule has 0 bridgehead atoms. The van der Waals surface area contributed by atoms with E-state index in [0.717, 1.165) is 6.42 Å². The predicted molar refractivity (Wildman–Crippen MR) is 61.8 cm³/mol. The third kappa shape index (κ3) is 1.87. The third-order valence-electron chi connectivity index (χ3n) is 2.49. The highest BCUT2D eigenvalue weighted by atomic mass is 32.2. The maximum absolute atomic E-state index is 11.5. The summed E-state index contributed by atoms with van der Waals surface area (Å²) in [5.74, 6) is 0.205. The first-order valence-electron chi connectivity index (χ1n) is 4.65. The van der Waals surface area contributed by atoms with Crippen molar-refractivity contribution in [1.29, 1.82) is 0 Å². The second-order valence-corrected chi connectivity index (χ2v) is 6.15. The summed E-state index contributed by atoms with van der Waals surface area (Å²) in [5, 5.41) is 2.41. The summed E-state index contributed by atoms with van der Waals surface area (Å²) in [7, 11) is 0. The van der Waals surface area contributed by atoms with Gasteiger partial charge in [0.1, 0.15) is 0 Å². The van der Waals surface area contributed by atoms with Crippen molar-refractivity contribution in [3.63, 3.8) is 0 Å². The molecule has 4 heteroatoms. The second kappa shape index (κ2) is 4.04. The van der Waals surface area contributed by atoms with E-state index >= 15 is 0 Å². The molecule has 1 aliphatic rings. The van der Waals surface area contributed by atoms with Gasteiger partial charge in [0.25, 0.3) is 0 Å². The summed E-state index contributed by atoms with van der Waals surface area (Å²) in [5.41, 5.74) is 5.86. The number of thiophene rings is 1. The van der Waals surface area contributed by atoms with E-state index in [0.29, 0.717) is 0 Å². The van der Waals surface area contributed by atoms with Gasteiger partial charge in [-0.3, -0.25) is 4.79 Å². The van der Waals surface area contributed by atoms with Crippen molar-refractivity contribution in [1.82, 2.24) is 0 Å². The quantitative estimate of drug-likeness (QED) is 0.836. The highest BCUT2D eigenvalue weighted by Gasteiger charge is 2.37. The maximum Gasteiger partial charge on any atom is 0.163 e. The Labute approximate surface area is 91.9 Å². The normalized spacial score (nSPS) is 32.4. The van der Waals surface area contributed by atoms with Crippen molar-refractivity contribution in [2.24, 2.45) is 5.73 Å². The van der Waals surface area contributed by atoms with Crippen LogP contribution in [-0.4, -0.2) is 22.3 Å². The number of hydrogen-bond donors (Lipinski definition) is 1. The predicted octanol–water partition coefficient (Wildman–Crippen LogP) is 1.69. The Bertz CT molecular complexity index is 323. The summed E-state index contributed by atoms with van der Waals surface area (Å²) in [6.45, 7) is 1.95. The van der Waals surface area contributed by atoms with Crippen LogP contribution in [0.15, 0.2) is 17.5 Å². The molecule has 1 aliphatic heterocycles. The minimum Gasteiger partial charge on any atom is -0.321 e. The zero-order chi connectivity index (χ0) is 10.1. The molecule has 0 spiro atoms. The minimum atomic E-state index is -0.267. The molecule has 2 rings (SSSR count). The zero-order valence-corrected chi connectivity index (χ0v) is 9.61. The Kier molecular flexibility index (Phi) is 2.95. The Morgan fingerprint density at radius 3 is 2.86 bits per heavy atom. The lowest BCUT2D eigenvalue weighted by molar-refractivity contribution is -0.118. The van der Waals surface area contributed by atoms with Crippen LogP contribution in [0.2, 0.25) is 0 Å². The lowest BCUT2D eigenvalue weighted by Gasteiger charge is -2.11. The first kappa shape index (κ1) is 10.2. The molecule has 1 saturated heterocycles. The van der Waals surface area contributed by atoms with E-state index in [9.17, 15) is 4.79 Å². The fraction of sp³-hybridized carbons (Fsp3) is 0.500. The van der Waals surface area contributed by atoms with Crippen molar-refractivity contribution in [3.05, 3.63) is 22.4 Å². The summed E-state index contributed by atoms with van der Waals surface area (Å²) < 4.78 is 0. The lowest BCUT2D eigenvalue weighted by atomic mass is 10.1. The van der Waals surface area contributed by atoms with Gasteiger partial charge in [0, 0.05) is 10.1 Å². The van der Waals surface area contributed by atoms with Gasteiger partial charge < -0.3 is 5.73 Å². The summed E-state index contributed by atoms with van der Waals surface area (Å²) in [6.07, 6.45) is 0.930. The van der Waals surface area contributed by atoms with Crippen molar-refractivity contribution in [2.45, 2.75) is 29.9 Å². The van der Waals surface area contributed by atoms with Gasteiger partial charge in [-0.25, -0.2) is 0 Å². The van der Waals surface area contributed by atoms with Crippen LogP contribution in [0.1, 0.15) is 11.8 Å². The topological polar surface area (TPSA) is 43.1 Å². The molecular formula is C10H13NOS2. The van der Waals surface area contributed by atoms with Crippen LogP contribution in [0.4, 0.5) is 0 Å². The number of carbonyl (C=O) groups is 1. The zero-order valence-electron chi connectivity index (χ0n) is 7.97.